The lowest BCUT2D eigenvalue weighted by molar-refractivity contribution is -0.384. The molecule has 31 heavy (non-hydrogen) atoms. The number of nitro benzene ring substituents is 1. The highest BCUT2D eigenvalue weighted by Gasteiger charge is 2.19. The van der Waals surface area contributed by atoms with Crippen molar-refractivity contribution >= 4 is 23.2 Å². The number of carbonyl (C=O) groups is 2. The van der Waals surface area contributed by atoms with Crippen LogP contribution in [0.5, 0.6) is 5.75 Å². The first kappa shape index (κ1) is 21.4. The van der Waals surface area contributed by atoms with E-state index in [4.69, 9.17) is 4.74 Å². The van der Waals surface area contributed by atoms with Crippen molar-refractivity contribution in [1.29, 1.82) is 0 Å². The summed E-state index contributed by atoms with van der Waals surface area (Å²) in [6.45, 7) is 3.76. The predicted molar refractivity (Wildman–Crippen MR) is 111 cm³/mol. The van der Waals surface area contributed by atoms with Crippen LogP contribution in [0, 0.1) is 17.0 Å². The molecule has 0 saturated heterocycles. The monoisotopic (exact) mass is 424 g/mol. The Labute approximate surface area is 177 Å². The third kappa shape index (κ3) is 5.21. The van der Waals surface area contributed by atoms with E-state index >= 15 is 0 Å². The molecule has 0 unspecified atom stereocenters. The second-order valence-electron chi connectivity index (χ2n) is 6.40. The number of non-ortho nitro benzene ring substituents is 1. The average molecular weight is 424 g/mol. The number of benzene rings is 2. The zero-order chi connectivity index (χ0) is 22.4. The van der Waals surface area contributed by atoms with Gasteiger partial charge in [0.1, 0.15) is 5.75 Å². The number of amides is 2. The third-order valence-electron chi connectivity index (χ3n) is 4.25. The maximum Gasteiger partial charge on any atom is 0.274 e. The molecule has 11 heteroatoms. The van der Waals surface area contributed by atoms with Crippen LogP contribution in [0.25, 0.3) is 5.69 Å². The van der Waals surface area contributed by atoms with Crippen molar-refractivity contribution < 1.29 is 19.2 Å². The van der Waals surface area contributed by atoms with Crippen LogP contribution >= 0.6 is 0 Å². The number of rotatable bonds is 8. The second kappa shape index (κ2) is 9.48. The lowest BCUT2D eigenvalue weighted by Gasteiger charge is -2.08. The van der Waals surface area contributed by atoms with Gasteiger partial charge in [-0.3, -0.25) is 19.7 Å². The first-order valence-corrected chi connectivity index (χ1v) is 9.37. The van der Waals surface area contributed by atoms with Crippen LogP contribution in [0.4, 0.5) is 11.4 Å². The first-order valence-electron chi connectivity index (χ1n) is 9.37. The van der Waals surface area contributed by atoms with E-state index in [-0.39, 0.29) is 17.9 Å². The van der Waals surface area contributed by atoms with E-state index in [0.29, 0.717) is 29.4 Å². The quantitative estimate of drug-likeness (QED) is 0.417. The zero-order valence-corrected chi connectivity index (χ0v) is 16.9. The summed E-state index contributed by atoms with van der Waals surface area (Å²) in [7, 11) is 0. The number of hydrogen-bond acceptors (Lipinski definition) is 7. The van der Waals surface area contributed by atoms with Crippen molar-refractivity contribution in [3.63, 3.8) is 0 Å². The largest absolute Gasteiger partial charge is 0.494 e. The fraction of sp³-hybridized carbons (Fsp3) is 0.200. The van der Waals surface area contributed by atoms with Crippen LogP contribution in [-0.4, -0.2) is 44.9 Å². The SMILES string of the molecule is CCOc1ccc(NC(=O)CNC(=O)c2nnn(-c3cccc([N+](=O)[O-])c3)c2C)cc1. The van der Waals surface area contributed by atoms with Gasteiger partial charge in [0.05, 0.1) is 29.5 Å². The maximum atomic E-state index is 12.4. The van der Waals surface area contributed by atoms with E-state index < -0.39 is 16.7 Å². The number of aromatic nitrogens is 3. The molecular weight excluding hydrogens is 404 g/mol. The van der Waals surface area contributed by atoms with Crippen molar-refractivity contribution in [2.75, 3.05) is 18.5 Å². The Hall–Kier alpha value is -4.28. The van der Waals surface area contributed by atoms with Gasteiger partial charge in [0.25, 0.3) is 11.6 Å². The highest BCUT2D eigenvalue weighted by atomic mass is 16.6. The Morgan fingerprint density at radius 3 is 2.61 bits per heavy atom. The molecule has 0 saturated carbocycles. The fourth-order valence-electron chi connectivity index (χ4n) is 2.77. The van der Waals surface area contributed by atoms with Gasteiger partial charge in [-0.25, -0.2) is 4.68 Å². The van der Waals surface area contributed by atoms with Crippen LogP contribution in [0.1, 0.15) is 23.1 Å². The number of nitrogens with zero attached hydrogens (tertiary/aromatic N) is 4. The molecule has 0 spiro atoms. The zero-order valence-electron chi connectivity index (χ0n) is 16.9. The van der Waals surface area contributed by atoms with Gasteiger partial charge in [0.15, 0.2) is 5.69 Å². The van der Waals surface area contributed by atoms with Gasteiger partial charge >= 0.3 is 0 Å². The molecule has 0 radical (unpaired) electrons. The van der Waals surface area contributed by atoms with Crippen molar-refractivity contribution in [3.05, 3.63) is 70.0 Å². The molecule has 0 fully saturated rings. The van der Waals surface area contributed by atoms with Gasteiger partial charge in [-0.15, -0.1) is 5.10 Å². The average Bonchev–Trinajstić information content (AvgIpc) is 3.15. The van der Waals surface area contributed by atoms with E-state index in [0.717, 1.165) is 0 Å². The molecule has 2 N–H and O–H groups in total. The maximum absolute atomic E-state index is 12.4. The van der Waals surface area contributed by atoms with E-state index in [1.54, 1.807) is 37.3 Å². The van der Waals surface area contributed by atoms with Crippen molar-refractivity contribution in [2.24, 2.45) is 0 Å². The lowest BCUT2D eigenvalue weighted by atomic mass is 10.2. The third-order valence-corrected chi connectivity index (χ3v) is 4.25. The molecule has 1 aromatic heterocycles. The highest BCUT2D eigenvalue weighted by molar-refractivity contribution is 5.98. The van der Waals surface area contributed by atoms with Crippen molar-refractivity contribution in [2.45, 2.75) is 13.8 Å². The van der Waals surface area contributed by atoms with Crippen molar-refractivity contribution in [1.82, 2.24) is 20.3 Å². The first-order chi connectivity index (χ1) is 14.9. The standard InChI is InChI=1S/C20H20N6O5/c1-3-31-17-9-7-14(8-10-17)22-18(27)12-21-20(28)19-13(2)25(24-23-19)15-5-4-6-16(11-15)26(29)30/h4-11H,3,12H2,1-2H3,(H,21,28)(H,22,27). The number of carbonyl (C=O) groups excluding carboxylic acids is 2. The predicted octanol–water partition coefficient (Wildman–Crippen LogP) is 2.25. The summed E-state index contributed by atoms with van der Waals surface area (Å²) < 4.78 is 6.66. The molecule has 1 heterocycles. The minimum absolute atomic E-state index is 0.0142. The molecule has 0 bridgehead atoms. The summed E-state index contributed by atoms with van der Waals surface area (Å²) in [6, 6.07) is 12.7. The summed E-state index contributed by atoms with van der Waals surface area (Å²) in [5, 5.41) is 23.9. The van der Waals surface area contributed by atoms with Gasteiger partial charge in [0.2, 0.25) is 5.91 Å². The Balaban J connectivity index is 1.61. The minimum Gasteiger partial charge on any atom is -0.494 e. The fourth-order valence-corrected chi connectivity index (χ4v) is 2.77. The van der Waals surface area contributed by atoms with Gasteiger partial charge in [-0.05, 0) is 44.2 Å². The molecule has 3 rings (SSSR count). The summed E-state index contributed by atoms with van der Waals surface area (Å²) in [4.78, 5) is 35.0. The molecule has 11 nitrogen and oxygen atoms in total. The van der Waals surface area contributed by atoms with E-state index in [1.807, 2.05) is 6.92 Å². The van der Waals surface area contributed by atoms with Gasteiger partial charge in [0, 0.05) is 17.8 Å². The summed E-state index contributed by atoms with van der Waals surface area (Å²) in [5.41, 5.74) is 1.25. The number of hydrogen-bond donors (Lipinski definition) is 2. The molecular formula is C20H20N6O5. The lowest BCUT2D eigenvalue weighted by Crippen LogP contribution is -2.33. The normalized spacial score (nSPS) is 10.4. The van der Waals surface area contributed by atoms with Crippen LogP contribution in [0.15, 0.2) is 48.5 Å². The summed E-state index contributed by atoms with van der Waals surface area (Å²) in [5.74, 6) is -0.312. The molecule has 0 atom stereocenters. The van der Waals surface area contributed by atoms with Crippen LogP contribution in [0.3, 0.4) is 0 Å². The molecule has 0 aliphatic rings. The topological polar surface area (TPSA) is 141 Å². The van der Waals surface area contributed by atoms with Crippen molar-refractivity contribution in [3.8, 4) is 11.4 Å². The van der Waals surface area contributed by atoms with Crippen LogP contribution in [0.2, 0.25) is 0 Å². The van der Waals surface area contributed by atoms with E-state index in [1.165, 1.54) is 22.9 Å². The smallest absolute Gasteiger partial charge is 0.274 e. The van der Waals surface area contributed by atoms with Crippen LogP contribution in [-0.2, 0) is 4.79 Å². The van der Waals surface area contributed by atoms with Crippen LogP contribution < -0.4 is 15.4 Å². The summed E-state index contributed by atoms with van der Waals surface area (Å²) in [6.07, 6.45) is 0. The molecule has 0 aliphatic carbocycles. The summed E-state index contributed by atoms with van der Waals surface area (Å²) >= 11 is 0. The molecule has 0 aliphatic heterocycles. The van der Waals surface area contributed by atoms with Gasteiger partial charge in [-0.1, -0.05) is 11.3 Å². The van der Waals surface area contributed by atoms with Gasteiger partial charge < -0.3 is 15.4 Å². The molecule has 3 aromatic rings. The Morgan fingerprint density at radius 2 is 1.94 bits per heavy atom. The Bertz CT molecular complexity index is 1110. The number of nitrogens with one attached hydrogen (secondary N) is 2. The van der Waals surface area contributed by atoms with E-state index in [2.05, 4.69) is 20.9 Å². The number of nitro groups is 1. The van der Waals surface area contributed by atoms with Gasteiger partial charge in [-0.2, -0.15) is 0 Å². The minimum atomic E-state index is -0.587. The highest BCUT2D eigenvalue weighted by Crippen LogP contribution is 2.18. The Kier molecular flexibility index (Phi) is 6.55. The Morgan fingerprint density at radius 1 is 1.19 bits per heavy atom. The number of anilines is 1. The molecule has 2 amide bonds. The van der Waals surface area contributed by atoms with E-state index in [9.17, 15) is 19.7 Å². The molecule has 160 valence electrons. The molecule has 2 aromatic carbocycles. The second-order valence-corrected chi connectivity index (χ2v) is 6.40. The number of ether oxygens (including phenoxy) is 1.